The van der Waals surface area contributed by atoms with Gasteiger partial charge in [0.1, 0.15) is 11.9 Å². The lowest BCUT2D eigenvalue weighted by Gasteiger charge is -2.24. The molecule has 1 heterocycles. The topological polar surface area (TPSA) is 56.8 Å². The highest BCUT2D eigenvalue weighted by Crippen LogP contribution is 2.24. The van der Waals surface area contributed by atoms with E-state index in [1.54, 1.807) is 13.8 Å². The second-order valence-electron chi connectivity index (χ2n) is 6.31. The first kappa shape index (κ1) is 20.5. The van der Waals surface area contributed by atoms with Crippen molar-refractivity contribution in [3.8, 4) is 5.75 Å². The zero-order valence-electron chi connectivity index (χ0n) is 14.8. The van der Waals surface area contributed by atoms with Gasteiger partial charge in [-0.3, -0.25) is 4.79 Å². The molecular weight excluding hydrogens is 351 g/mol. The van der Waals surface area contributed by atoms with Crippen LogP contribution < -0.4 is 10.1 Å². The van der Waals surface area contributed by atoms with Gasteiger partial charge >= 0.3 is 6.36 Å². The number of alkyl halides is 3. The Hall–Kier alpha value is -1.80. The Morgan fingerprint density at radius 2 is 1.96 bits per heavy atom. The lowest BCUT2D eigenvalue weighted by Crippen LogP contribution is -2.38. The first-order chi connectivity index (χ1) is 12.2. The van der Waals surface area contributed by atoms with Crippen LogP contribution in [0.5, 0.6) is 5.75 Å². The third kappa shape index (κ3) is 6.84. The highest BCUT2D eigenvalue weighted by Gasteiger charge is 2.31. The Kier molecular flexibility index (Phi) is 7.28. The Balaban J connectivity index is 1.79. The molecule has 1 aliphatic rings. The van der Waals surface area contributed by atoms with Crippen LogP contribution in [0.2, 0.25) is 0 Å². The molecule has 0 bridgehead atoms. The summed E-state index contributed by atoms with van der Waals surface area (Å²) >= 11 is 0. The third-order valence-corrected chi connectivity index (χ3v) is 4.15. The van der Waals surface area contributed by atoms with Gasteiger partial charge < -0.3 is 19.5 Å². The van der Waals surface area contributed by atoms with Crippen LogP contribution in [0, 0.1) is 0 Å². The summed E-state index contributed by atoms with van der Waals surface area (Å²) in [5, 5.41) is 2.78. The first-order valence-corrected chi connectivity index (χ1v) is 8.64. The summed E-state index contributed by atoms with van der Waals surface area (Å²) in [4.78, 5) is 12.2. The van der Waals surface area contributed by atoms with Gasteiger partial charge in [0.05, 0.1) is 18.8 Å². The Labute approximate surface area is 150 Å². The molecule has 146 valence electrons. The molecular formula is C18H24F3NO4. The molecule has 26 heavy (non-hydrogen) atoms. The van der Waals surface area contributed by atoms with Crippen molar-refractivity contribution in [2.24, 2.45) is 0 Å². The van der Waals surface area contributed by atoms with Crippen LogP contribution in [-0.4, -0.2) is 37.7 Å². The van der Waals surface area contributed by atoms with Crippen LogP contribution in [0.15, 0.2) is 24.3 Å². The number of halogens is 3. The maximum Gasteiger partial charge on any atom is 0.573 e. The van der Waals surface area contributed by atoms with Crippen molar-refractivity contribution in [1.82, 2.24) is 5.32 Å². The minimum absolute atomic E-state index is 0.0256. The van der Waals surface area contributed by atoms with Crippen LogP contribution in [-0.2, 0) is 14.3 Å². The largest absolute Gasteiger partial charge is 0.573 e. The van der Waals surface area contributed by atoms with Crippen molar-refractivity contribution >= 4 is 5.91 Å². The Morgan fingerprint density at radius 1 is 1.27 bits per heavy atom. The summed E-state index contributed by atoms with van der Waals surface area (Å²) < 4.78 is 51.5. The van der Waals surface area contributed by atoms with Crippen LogP contribution in [0.1, 0.15) is 44.7 Å². The lowest BCUT2D eigenvalue weighted by molar-refractivity contribution is -0.274. The van der Waals surface area contributed by atoms with E-state index >= 15 is 0 Å². The molecule has 2 rings (SSSR count). The van der Waals surface area contributed by atoms with E-state index in [1.165, 1.54) is 24.3 Å². The molecule has 0 saturated carbocycles. The fourth-order valence-electron chi connectivity index (χ4n) is 2.64. The number of carbonyl (C=O) groups is 1. The summed E-state index contributed by atoms with van der Waals surface area (Å²) in [7, 11) is 0. The average molecular weight is 375 g/mol. The SMILES string of the molecule is C[C@H](OC[C@H]1CCCCO1)C(=O)N[C@H](C)c1ccc(OC(F)(F)F)cc1. The van der Waals surface area contributed by atoms with E-state index in [0.29, 0.717) is 12.2 Å². The van der Waals surface area contributed by atoms with Crippen LogP contribution in [0.4, 0.5) is 13.2 Å². The zero-order valence-corrected chi connectivity index (χ0v) is 14.8. The van der Waals surface area contributed by atoms with Gasteiger partial charge in [0.25, 0.3) is 0 Å². The number of rotatable bonds is 7. The molecule has 1 amide bonds. The highest BCUT2D eigenvalue weighted by atomic mass is 19.4. The van der Waals surface area contributed by atoms with Crippen LogP contribution >= 0.6 is 0 Å². The van der Waals surface area contributed by atoms with Gasteiger partial charge in [0, 0.05) is 6.61 Å². The van der Waals surface area contributed by atoms with Gasteiger partial charge in [-0.05, 0) is 50.8 Å². The fraction of sp³-hybridized carbons (Fsp3) is 0.611. The minimum atomic E-state index is -4.73. The predicted octanol–water partition coefficient (Wildman–Crippen LogP) is 3.74. The lowest BCUT2D eigenvalue weighted by atomic mass is 10.1. The number of amides is 1. The molecule has 0 aromatic heterocycles. The number of hydrogen-bond acceptors (Lipinski definition) is 4. The molecule has 1 fully saturated rings. The molecule has 0 unspecified atom stereocenters. The molecule has 8 heteroatoms. The third-order valence-electron chi connectivity index (χ3n) is 4.15. The first-order valence-electron chi connectivity index (χ1n) is 8.64. The maximum atomic E-state index is 12.2. The van der Waals surface area contributed by atoms with Gasteiger partial charge in [-0.2, -0.15) is 0 Å². The van der Waals surface area contributed by atoms with Crippen molar-refractivity contribution in [3.63, 3.8) is 0 Å². The second-order valence-corrected chi connectivity index (χ2v) is 6.31. The normalized spacial score (nSPS) is 20.3. The van der Waals surface area contributed by atoms with Gasteiger partial charge in [0.15, 0.2) is 0 Å². The van der Waals surface area contributed by atoms with E-state index in [0.717, 1.165) is 25.9 Å². The summed E-state index contributed by atoms with van der Waals surface area (Å²) in [5.41, 5.74) is 0.663. The quantitative estimate of drug-likeness (QED) is 0.789. The van der Waals surface area contributed by atoms with Crippen molar-refractivity contribution in [2.75, 3.05) is 13.2 Å². The van der Waals surface area contributed by atoms with Crippen molar-refractivity contribution in [3.05, 3.63) is 29.8 Å². The van der Waals surface area contributed by atoms with Crippen LogP contribution in [0.25, 0.3) is 0 Å². The van der Waals surface area contributed by atoms with Crippen molar-refractivity contribution in [2.45, 2.75) is 57.7 Å². The number of hydrogen-bond donors (Lipinski definition) is 1. The zero-order chi connectivity index (χ0) is 19.2. The molecule has 3 atom stereocenters. The Bertz CT molecular complexity index is 571. The molecule has 0 radical (unpaired) electrons. The van der Waals surface area contributed by atoms with Crippen molar-refractivity contribution in [1.29, 1.82) is 0 Å². The molecule has 1 N–H and O–H groups in total. The van der Waals surface area contributed by atoms with E-state index in [4.69, 9.17) is 9.47 Å². The average Bonchev–Trinajstić information content (AvgIpc) is 2.59. The van der Waals surface area contributed by atoms with E-state index < -0.39 is 12.5 Å². The van der Waals surface area contributed by atoms with Gasteiger partial charge in [-0.25, -0.2) is 0 Å². The van der Waals surface area contributed by atoms with Gasteiger partial charge in [0.2, 0.25) is 5.91 Å². The summed E-state index contributed by atoms with van der Waals surface area (Å²) in [5.74, 6) is -0.590. The number of ether oxygens (including phenoxy) is 3. The maximum absolute atomic E-state index is 12.2. The van der Waals surface area contributed by atoms with Gasteiger partial charge in [-0.1, -0.05) is 12.1 Å². The van der Waals surface area contributed by atoms with E-state index in [9.17, 15) is 18.0 Å². The molecule has 0 aliphatic carbocycles. The molecule has 1 saturated heterocycles. The van der Waals surface area contributed by atoms with Crippen molar-refractivity contribution < 1.29 is 32.2 Å². The van der Waals surface area contributed by atoms with E-state index in [2.05, 4.69) is 10.1 Å². The smallest absolute Gasteiger partial charge is 0.406 e. The predicted molar refractivity (Wildman–Crippen MR) is 88.7 cm³/mol. The second kappa shape index (κ2) is 9.23. The highest BCUT2D eigenvalue weighted by molar-refractivity contribution is 5.80. The van der Waals surface area contributed by atoms with E-state index in [-0.39, 0.29) is 23.8 Å². The van der Waals surface area contributed by atoms with Gasteiger partial charge in [-0.15, -0.1) is 13.2 Å². The summed E-state index contributed by atoms with van der Waals surface area (Å²) in [6.07, 6.45) is -2.27. The standard InChI is InChI=1S/C18H24F3NO4/c1-12(14-6-8-15(9-7-14)26-18(19,20)21)22-17(23)13(2)25-11-16-5-3-4-10-24-16/h6-9,12-13,16H,3-5,10-11H2,1-2H3,(H,22,23)/t12-,13+,16-/m1/s1. The van der Waals surface area contributed by atoms with Crippen LogP contribution in [0.3, 0.4) is 0 Å². The fourth-order valence-corrected chi connectivity index (χ4v) is 2.64. The minimum Gasteiger partial charge on any atom is -0.406 e. The Morgan fingerprint density at radius 3 is 2.54 bits per heavy atom. The molecule has 0 spiro atoms. The van der Waals surface area contributed by atoms with E-state index in [1.807, 2.05) is 0 Å². The monoisotopic (exact) mass is 375 g/mol. The number of benzene rings is 1. The summed E-state index contributed by atoms with van der Waals surface area (Å²) in [6, 6.07) is 5.01. The molecule has 1 aromatic rings. The molecule has 1 aromatic carbocycles. The number of carbonyl (C=O) groups excluding carboxylic acids is 1. The summed E-state index contributed by atoms with van der Waals surface area (Å²) in [6.45, 7) is 4.49. The molecule has 1 aliphatic heterocycles. The number of nitrogens with one attached hydrogen (secondary N) is 1. The molecule has 5 nitrogen and oxygen atoms in total.